The number of aryl methyl sites for hydroxylation is 1. The van der Waals surface area contributed by atoms with E-state index in [0.29, 0.717) is 6.61 Å². The lowest BCUT2D eigenvalue weighted by Gasteiger charge is -2.18. The molecule has 0 bridgehead atoms. The molecule has 0 fully saturated rings. The molecule has 0 aliphatic carbocycles. The van der Waals surface area contributed by atoms with E-state index < -0.39 is 0 Å². The lowest BCUT2D eigenvalue weighted by molar-refractivity contribution is 0.311. The summed E-state index contributed by atoms with van der Waals surface area (Å²) in [6, 6.07) is 6.68. The molecule has 21 heavy (non-hydrogen) atoms. The Morgan fingerprint density at radius 1 is 1.38 bits per heavy atom. The lowest BCUT2D eigenvalue weighted by Crippen LogP contribution is -2.19. The third-order valence-electron chi connectivity index (χ3n) is 3.49. The van der Waals surface area contributed by atoms with E-state index in [2.05, 4.69) is 10.4 Å². The maximum Gasteiger partial charge on any atom is 0.124 e. The van der Waals surface area contributed by atoms with Crippen molar-refractivity contribution >= 4 is 0 Å². The van der Waals surface area contributed by atoms with Crippen LogP contribution in [0, 0.1) is 5.82 Å². The second-order valence-corrected chi connectivity index (χ2v) is 5.01. The van der Waals surface area contributed by atoms with Crippen LogP contribution in [0.4, 0.5) is 4.39 Å². The molecule has 1 atom stereocenters. The Hall–Kier alpha value is -1.88. The van der Waals surface area contributed by atoms with Crippen LogP contribution >= 0.6 is 0 Å². The first-order chi connectivity index (χ1) is 10.1. The summed E-state index contributed by atoms with van der Waals surface area (Å²) in [6.07, 6.45) is 2.54. The van der Waals surface area contributed by atoms with Gasteiger partial charge in [0.05, 0.1) is 6.61 Å². The molecule has 1 N–H and O–H groups in total. The van der Waals surface area contributed by atoms with Gasteiger partial charge in [0.1, 0.15) is 11.6 Å². The molecule has 1 heterocycles. The van der Waals surface area contributed by atoms with Crippen LogP contribution in [0.25, 0.3) is 0 Å². The van der Waals surface area contributed by atoms with E-state index in [1.54, 1.807) is 12.3 Å². The zero-order valence-electron chi connectivity index (χ0n) is 12.8. The predicted octanol–water partition coefficient (Wildman–Crippen LogP) is 2.85. The highest BCUT2D eigenvalue weighted by Crippen LogP contribution is 2.26. The van der Waals surface area contributed by atoms with E-state index in [1.807, 2.05) is 31.6 Å². The number of ether oxygens (including phenoxy) is 1. The molecule has 0 aliphatic heterocycles. The summed E-state index contributed by atoms with van der Waals surface area (Å²) in [7, 11) is 1.91. The fourth-order valence-electron chi connectivity index (χ4n) is 2.32. The monoisotopic (exact) mass is 291 g/mol. The molecule has 1 unspecified atom stereocenters. The maximum absolute atomic E-state index is 13.5. The highest BCUT2D eigenvalue weighted by atomic mass is 19.1. The summed E-state index contributed by atoms with van der Waals surface area (Å²) in [5.41, 5.74) is 1.96. The Kier molecular flexibility index (Phi) is 5.33. The van der Waals surface area contributed by atoms with Crippen LogP contribution in [-0.2, 0) is 13.5 Å². The minimum absolute atomic E-state index is 0.0532. The number of nitrogens with one attached hydrogen (secondary N) is 1. The largest absolute Gasteiger partial charge is 0.493 e. The molecule has 1 aromatic heterocycles. The molecule has 114 valence electrons. The third-order valence-corrected chi connectivity index (χ3v) is 3.49. The molecule has 0 aliphatic rings. The minimum atomic E-state index is -0.242. The highest BCUT2D eigenvalue weighted by molar-refractivity contribution is 5.36. The quantitative estimate of drug-likeness (QED) is 0.852. The van der Waals surface area contributed by atoms with Crippen molar-refractivity contribution in [2.45, 2.75) is 26.3 Å². The molecule has 0 saturated carbocycles. The normalized spacial score (nSPS) is 12.4. The van der Waals surface area contributed by atoms with Gasteiger partial charge in [0.15, 0.2) is 0 Å². The molecule has 4 nitrogen and oxygen atoms in total. The smallest absolute Gasteiger partial charge is 0.124 e. The van der Waals surface area contributed by atoms with Crippen molar-refractivity contribution < 1.29 is 9.13 Å². The van der Waals surface area contributed by atoms with Crippen molar-refractivity contribution in [1.82, 2.24) is 15.1 Å². The summed E-state index contributed by atoms with van der Waals surface area (Å²) in [5.74, 6) is 0.487. The van der Waals surface area contributed by atoms with Gasteiger partial charge in [0.2, 0.25) is 0 Å². The Morgan fingerprint density at radius 2 is 2.19 bits per heavy atom. The van der Waals surface area contributed by atoms with Crippen LogP contribution in [-0.4, -0.2) is 22.9 Å². The van der Waals surface area contributed by atoms with Gasteiger partial charge in [-0.25, -0.2) is 4.39 Å². The molecular weight excluding hydrogens is 269 g/mol. The van der Waals surface area contributed by atoms with Gasteiger partial charge in [-0.2, -0.15) is 5.10 Å². The number of hydrogen-bond acceptors (Lipinski definition) is 3. The van der Waals surface area contributed by atoms with E-state index in [9.17, 15) is 4.39 Å². The van der Waals surface area contributed by atoms with Gasteiger partial charge >= 0.3 is 0 Å². The first kappa shape index (κ1) is 15.5. The maximum atomic E-state index is 13.5. The Bertz CT molecular complexity index is 583. The van der Waals surface area contributed by atoms with Crippen molar-refractivity contribution in [3.63, 3.8) is 0 Å². The molecule has 0 amide bonds. The van der Waals surface area contributed by atoms with Crippen molar-refractivity contribution in [3.8, 4) is 5.75 Å². The molecule has 2 rings (SSSR count). The van der Waals surface area contributed by atoms with Gasteiger partial charge < -0.3 is 10.1 Å². The summed E-state index contributed by atoms with van der Waals surface area (Å²) >= 11 is 0. The minimum Gasteiger partial charge on any atom is -0.493 e. The fraction of sp³-hybridized carbons (Fsp3) is 0.438. The number of rotatable bonds is 7. The fourth-order valence-corrected chi connectivity index (χ4v) is 2.32. The molecular formula is C16H22FN3O. The van der Waals surface area contributed by atoms with Crippen LogP contribution in [0.5, 0.6) is 5.75 Å². The molecule has 0 spiro atoms. The van der Waals surface area contributed by atoms with E-state index in [-0.39, 0.29) is 11.9 Å². The number of hydrogen-bond donors (Lipinski definition) is 1. The van der Waals surface area contributed by atoms with E-state index in [1.165, 1.54) is 12.1 Å². The van der Waals surface area contributed by atoms with Crippen molar-refractivity contribution in [2.24, 2.45) is 7.05 Å². The predicted molar refractivity (Wildman–Crippen MR) is 80.9 cm³/mol. The van der Waals surface area contributed by atoms with Crippen LogP contribution in [0.15, 0.2) is 30.5 Å². The van der Waals surface area contributed by atoms with Gasteiger partial charge in [-0.05, 0) is 37.7 Å². The highest BCUT2D eigenvalue weighted by Gasteiger charge is 2.12. The van der Waals surface area contributed by atoms with Crippen molar-refractivity contribution in [3.05, 3.63) is 47.5 Å². The topological polar surface area (TPSA) is 39.1 Å². The summed E-state index contributed by atoms with van der Waals surface area (Å²) in [4.78, 5) is 0. The molecule has 2 aromatic rings. The first-order valence-electron chi connectivity index (χ1n) is 7.24. The summed E-state index contributed by atoms with van der Waals surface area (Å²) < 4.78 is 21.1. The van der Waals surface area contributed by atoms with Crippen LogP contribution in [0.3, 0.4) is 0 Å². The van der Waals surface area contributed by atoms with Crippen molar-refractivity contribution in [1.29, 1.82) is 0 Å². The van der Waals surface area contributed by atoms with Crippen LogP contribution in [0.1, 0.15) is 31.1 Å². The van der Waals surface area contributed by atoms with Gasteiger partial charge in [-0.15, -0.1) is 0 Å². The lowest BCUT2D eigenvalue weighted by atomic mass is 10.1. The van der Waals surface area contributed by atoms with E-state index in [4.69, 9.17) is 4.74 Å². The van der Waals surface area contributed by atoms with Gasteiger partial charge in [-0.3, -0.25) is 4.68 Å². The zero-order chi connectivity index (χ0) is 15.2. The van der Waals surface area contributed by atoms with E-state index in [0.717, 1.165) is 30.0 Å². The van der Waals surface area contributed by atoms with Gasteiger partial charge in [0.25, 0.3) is 0 Å². The Labute approximate surface area is 124 Å². The average Bonchev–Trinajstić information content (AvgIpc) is 2.86. The molecule has 5 heteroatoms. The molecule has 0 radical (unpaired) electrons. The number of benzene rings is 1. The van der Waals surface area contributed by atoms with Gasteiger partial charge in [-0.1, -0.05) is 6.92 Å². The van der Waals surface area contributed by atoms with E-state index >= 15 is 0 Å². The third kappa shape index (κ3) is 4.04. The number of nitrogens with zero attached hydrogens (tertiary/aromatic N) is 2. The Balaban J connectivity index is 2.03. The number of halogens is 1. The average molecular weight is 291 g/mol. The second kappa shape index (κ2) is 7.22. The second-order valence-electron chi connectivity index (χ2n) is 5.01. The first-order valence-corrected chi connectivity index (χ1v) is 7.24. The Morgan fingerprint density at radius 3 is 2.86 bits per heavy atom. The summed E-state index contributed by atoms with van der Waals surface area (Å²) in [5, 5.41) is 7.41. The standard InChI is InChI=1S/C16H22FN3O/c1-4-18-12(2)15-11-13(17)5-6-16(15)21-10-8-14-7-9-19-20(14)3/h5-7,9,11-12,18H,4,8,10H2,1-3H3. The SMILES string of the molecule is CCNC(C)c1cc(F)ccc1OCCc1ccnn1C. The molecule has 1 aromatic carbocycles. The van der Waals surface area contributed by atoms with Crippen molar-refractivity contribution in [2.75, 3.05) is 13.2 Å². The summed E-state index contributed by atoms with van der Waals surface area (Å²) in [6.45, 7) is 5.40. The zero-order valence-corrected chi connectivity index (χ0v) is 12.8. The van der Waals surface area contributed by atoms with Crippen LogP contribution < -0.4 is 10.1 Å². The number of aromatic nitrogens is 2. The van der Waals surface area contributed by atoms with Crippen LogP contribution in [0.2, 0.25) is 0 Å². The van der Waals surface area contributed by atoms with Gasteiger partial charge in [0, 0.05) is 37.0 Å². The molecule has 0 saturated heterocycles.